The molecular formula is C13H19FN2O. The molecule has 17 heavy (non-hydrogen) atoms. The first-order chi connectivity index (χ1) is 8.02. The molecule has 1 heterocycles. The summed E-state index contributed by atoms with van der Waals surface area (Å²) in [4.78, 5) is 0. The van der Waals surface area contributed by atoms with Crippen LogP contribution in [0.15, 0.2) is 18.2 Å². The summed E-state index contributed by atoms with van der Waals surface area (Å²) in [7, 11) is 1.54. The van der Waals surface area contributed by atoms with Crippen LogP contribution in [0, 0.1) is 5.82 Å². The van der Waals surface area contributed by atoms with E-state index in [2.05, 4.69) is 24.5 Å². The van der Waals surface area contributed by atoms with E-state index in [0.717, 1.165) is 13.1 Å². The molecule has 94 valence electrons. The van der Waals surface area contributed by atoms with Crippen molar-refractivity contribution >= 4 is 0 Å². The Labute approximate surface area is 101 Å². The first-order valence-electron chi connectivity index (χ1n) is 5.84. The van der Waals surface area contributed by atoms with E-state index in [4.69, 9.17) is 4.74 Å². The van der Waals surface area contributed by atoms with Crippen LogP contribution < -0.4 is 15.4 Å². The van der Waals surface area contributed by atoms with Crippen LogP contribution in [-0.2, 0) is 0 Å². The van der Waals surface area contributed by atoms with E-state index >= 15 is 0 Å². The predicted molar refractivity (Wildman–Crippen MR) is 65.8 cm³/mol. The van der Waals surface area contributed by atoms with E-state index in [1.54, 1.807) is 12.1 Å². The van der Waals surface area contributed by atoms with E-state index in [9.17, 15) is 4.39 Å². The van der Waals surface area contributed by atoms with Gasteiger partial charge in [-0.15, -0.1) is 0 Å². The minimum Gasteiger partial charge on any atom is -0.497 e. The maximum Gasteiger partial charge on any atom is 0.131 e. The van der Waals surface area contributed by atoms with Crippen molar-refractivity contribution in [2.24, 2.45) is 0 Å². The number of hydrogen-bond donors (Lipinski definition) is 2. The maximum absolute atomic E-state index is 13.9. The van der Waals surface area contributed by atoms with Gasteiger partial charge in [-0.2, -0.15) is 0 Å². The van der Waals surface area contributed by atoms with Gasteiger partial charge in [0, 0.05) is 36.3 Å². The lowest BCUT2D eigenvalue weighted by Crippen LogP contribution is -2.56. The van der Waals surface area contributed by atoms with Crippen molar-refractivity contribution in [3.8, 4) is 5.75 Å². The minimum absolute atomic E-state index is 0.00431. The van der Waals surface area contributed by atoms with Gasteiger partial charge < -0.3 is 15.4 Å². The molecule has 2 N–H and O–H groups in total. The Bertz CT molecular complexity index is 406. The number of hydrogen-bond acceptors (Lipinski definition) is 3. The molecule has 0 radical (unpaired) electrons. The largest absolute Gasteiger partial charge is 0.497 e. The van der Waals surface area contributed by atoms with Crippen LogP contribution in [0.4, 0.5) is 4.39 Å². The van der Waals surface area contributed by atoms with Gasteiger partial charge in [0.25, 0.3) is 0 Å². The Balaban J connectivity index is 2.22. The molecule has 1 unspecified atom stereocenters. The van der Waals surface area contributed by atoms with E-state index < -0.39 is 0 Å². The van der Waals surface area contributed by atoms with E-state index in [-0.39, 0.29) is 17.4 Å². The third kappa shape index (κ3) is 2.76. The summed E-state index contributed by atoms with van der Waals surface area (Å²) in [6, 6.07) is 5.01. The Hall–Kier alpha value is -1.13. The molecule has 1 aromatic carbocycles. The molecule has 0 aliphatic carbocycles. The Kier molecular flexibility index (Phi) is 3.35. The zero-order valence-electron chi connectivity index (χ0n) is 10.5. The average molecular weight is 238 g/mol. The van der Waals surface area contributed by atoms with Gasteiger partial charge in [0.2, 0.25) is 0 Å². The van der Waals surface area contributed by atoms with Crippen LogP contribution in [0.5, 0.6) is 5.75 Å². The van der Waals surface area contributed by atoms with E-state index in [0.29, 0.717) is 11.3 Å². The van der Waals surface area contributed by atoms with Crippen molar-refractivity contribution in [2.75, 3.05) is 20.2 Å². The van der Waals surface area contributed by atoms with Gasteiger partial charge in [-0.1, -0.05) is 6.07 Å². The number of piperazine rings is 1. The van der Waals surface area contributed by atoms with Gasteiger partial charge in [-0.05, 0) is 19.9 Å². The molecule has 1 aliphatic heterocycles. The highest BCUT2D eigenvalue weighted by atomic mass is 19.1. The standard InChI is InChI=1S/C13H19FN2O/c1-13(2)8-15-7-12(16-13)10-5-4-9(17-3)6-11(10)14/h4-6,12,15-16H,7-8H2,1-3H3. The van der Waals surface area contributed by atoms with Crippen molar-refractivity contribution in [3.63, 3.8) is 0 Å². The second-order valence-corrected chi connectivity index (χ2v) is 5.10. The molecule has 4 heteroatoms. The molecule has 0 amide bonds. The highest BCUT2D eigenvalue weighted by Crippen LogP contribution is 2.25. The number of rotatable bonds is 2. The van der Waals surface area contributed by atoms with Crippen LogP contribution in [0.1, 0.15) is 25.5 Å². The monoisotopic (exact) mass is 238 g/mol. The Morgan fingerprint density at radius 1 is 1.41 bits per heavy atom. The fraction of sp³-hybridized carbons (Fsp3) is 0.538. The number of ether oxygens (including phenoxy) is 1. The van der Waals surface area contributed by atoms with Gasteiger partial charge in [0.05, 0.1) is 7.11 Å². The molecule has 1 fully saturated rings. The second kappa shape index (κ2) is 4.63. The van der Waals surface area contributed by atoms with Crippen molar-refractivity contribution in [1.29, 1.82) is 0 Å². The molecular weight excluding hydrogens is 219 g/mol. The lowest BCUT2D eigenvalue weighted by Gasteiger charge is -2.38. The lowest BCUT2D eigenvalue weighted by atomic mass is 9.96. The minimum atomic E-state index is -0.221. The SMILES string of the molecule is COc1ccc(C2CNCC(C)(C)N2)c(F)c1. The number of nitrogens with one attached hydrogen (secondary N) is 2. The predicted octanol–water partition coefficient (Wildman–Crippen LogP) is 1.85. The highest BCUT2D eigenvalue weighted by Gasteiger charge is 2.28. The molecule has 3 nitrogen and oxygen atoms in total. The Morgan fingerprint density at radius 3 is 2.76 bits per heavy atom. The molecule has 1 aromatic rings. The van der Waals surface area contributed by atoms with Crippen LogP contribution in [0.3, 0.4) is 0 Å². The molecule has 2 rings (SSSR count). The second-order valence-electron chi connectivity index (χ2n) is 5.10. The van der Waals surface area contributed by atoms with Crippen molar-refractivity contribution in [1.82, 2.24) is 10.6 Å². The molecule has 1 aliphatic rings. The zero-order valence-corrected chi connectivity index (χ0v) is 10.5. The summed E-state index contributed by atoms with van der Waals surface area (Å²) in [5.74, 6) is 0.329. The van der Waals surface area contributed by atoms with Crippen molar-refractivity contribution in [3.05, 3.63) is 29.6 Å². The highest BCUT2D eigenvalue weighted by molar-refractivity contribution is 5.31. The summed E-state index contributed by atoms with van der Waals surface area (Å²) < 4.78 is 18.9. The van der Waals surface area contributed by atoms with Gasteiger partial charge in [0.15, 0.2) is 0 Å². The van der Waals surface area contributed by atoms with Crippen LogP contribution in [0.2, 0.25) is 0 Å². The normalized spacial score (nSPS) is 23.4. The quantitative estimate of drug-likeness (QED) is 0.825. The van der Waals surface area contributed by atoms with Gasteiger partial charge in [-0.25, -0.2) is 4.39 Å². The van der Waals surface area contributed by atoms with E-state index in [1.807, 2.05) is 0 Å². The zero-order chi connectivity index (χ0) is 12.5. The third-order valence-corrected chi connectivity index (χ3v) is 3.06. The number of halogens is 1. The van der Waals surface area contributed by atoms with Crippen molar-refractivity contribution in [2.45, 2.75) is 25.4 Å². The van der Waals surface area contributed by atoms with Crippen LogP contribution in [0.25, 0.3) is 0 Å². The average Bonchev–Trinajstić information content (AvgIpc) is 2.27. The molecule has 0 saturated carbocycles. The molecule has 0 aromatic heterocycles. The van der Waals surface area contributed by atoms with Crippen LogP contribution >= 0.6 is 0 Å². The summed E-state index contributed by atoms with van der Waals surface area (Å²) in [5, 5.41) is 6.76. The smallest absolute Gasteiger partial charge is 0.131 e. The number of benzene rings is 1. The van der Waals surface area contributed by atoms with Gasteiger partial charge >= 0.3 is 0 Å². The number of methoxy groups -OCH3 is 1. The molecule has 0 bridgehead atoms. The summed E-state index contributed by atoms with van der Waals surface area (Å²) in [6.07, 6.45) is 0. The fourth-order valence-corrected chi connectivity index (χ4v) is 2.21. The summed E-state index contributed by atoms with van der Waals surface area (Å²) in [5.41, 5.74) is 0.668. The van der Waals surface area contributed by atoms with Crippen LogP contribution in [-0.4, -0.2) is 25.7 Å². The Morgan fingerprint density at radius 2 is 2.18 bits per heavy atom. The lowest BCUT2D eigenvalue weighted by molar-refractivity contribution is 0.260. The molecule has 0 spiro atoms. The third-order valence-electron chi connectivity index (χ3n) is 3.06. The van der Waals surface area contributed by atoms with E-state index in [1.165, 1.54) is 13.2 Å². The fourth-order valence-electron chi connectivity index (χ4n) is 2.21. The molecule has 1 saturated heterocycles. The summed E-state index contributed by atoms with van der Waals surface area (Å²) >= 11 is 0. The van der Waals surface area contributed by atoms with Crippen molar-refractivity contribution < 1.29 is 9.13 Å². The topological polar surface area (TPSA) is 33.3 Å². The van der Waals surface area contributed by atoms with Gasteiger partial charge in [-0.3, -0.25) is 0 Å². The first-order valence-corrected chi connectivity index (χ1v) is 5.84. The molecule has 1 atom stereocenters. The first kappa shape index (κ1) is 12.3. The van der Waals surface area contributed by atoms with Gasteiger partial charge in [0.1, 0.15) is 11.6 Å². The maximum atomic E-state index is 13.9. The summed E-state index contributed by atoms with van der Waals surface area (Å²) in [6.45, 7) is 5.84.